The fourth-order valence-corrected chi connectivity index (χ4v) is 1.67. The molecule has 0 atom stereocenters. The standard InChI is InChI=1S/C11H14N4O/c1-7-14-9-3-2-8(6-10(9)15-7)4-5-13-11(12)16/h2-3,6H,4-5H2,1H3,(H,14,15)(H3,12,13,16). The maximum Gasteiger partial charge on any atom is 0.312 e. The molecule has 0 fully saturated rings. The molecule has 0 saturated heterocycles. The molecule has 16 heavy (non-hydrogen) atoms. The SMILES string of the molecule is Cc1nc2ccc(CCNC(N)=O)cc2[nH]1. The zero-order valence-corrected chi connectivity index (χ0v) is 9.08. The highest BCUT2D eigenvalue weighted by molar-refractivity contribution is 5.76. The molecule has 84 valence electrons. The van der Waals surface area contributed by atoms with Crippen molar-refractivity contribution in [2.24, 2.45) is 5.73 Å². The number of nitrogens with zero attached hydrogens (tertiary/aromatic N) is 1. The molecule has 0 aliphatic heterocycles. The van der Waals surface area contributed by atoms with Gasteiger partial charge in [-0.1, -0.05) is 6.07 Å². The molecule has 0 spiro atoms. The zero-order valence-electron chi connectivity index (χ0n) is 9.08. The molecule has 0 aliphatic carbocycles. The third kappa shape index (κ3) is 2.31. The minimum Gasteiger partial charge on any atom is -0.352 e. The van der Waals surface area contributed by atoms with Crippen LogP contribution in [0, 0.1) is 6.92 Å². The van der Waals surface area contributed by atoms with Crippen LogP contribution in [-0.2, 0) is 6.42 Å². The minimum atomic E-state index is -0.488. The second kappa shape index (κ2) is 4.22. The number of nitrogens with one attached hydrogen (secondary N) is 2. The van der Waals surface area contributed by atoms with Gasteiger partial charge in [-0.05, 0) is 31.0 Å². The van der Waals surface area contributed by atoms with Crippen LogP contribution in [0.4, 0.5) is 4.79 Å². The van der Waals surface area contributed by atoms with Gasteiger partial charge in [0.1, 0.15) is 5.82 Å². The van der Waals surface area contributed by atoms with E-state index in [0.29, 0.717) is 6.54 Å². The Labute approximate surface area is 93.1 Å². The molecule has 5 nitrogen and oxygen atoms in total. The number of hydrogen-bond acceptors (Lipinski definition) is 2. The number of hydrogen-bond donors (Lipinski definition) is 3. The van der Waals surface area contributed by atoms with Crippen LogP contribution in [-0.4, -0.2) is 22.5 Å². The summed E-state index contributed by atoms with van der Waals surface area (Å²) in [5.41, 5.74) is 8.11. The maximum absolute atomic E-state index is 10.5. The number of benzene rings is 1. The summed E-state index contributed by atoms with van der Waals surface area (Å²) < 4.78 is 0. The van der Waals surface area contributed by atoms with Crippen molar-refractivity contribution in [2.45, 2.75) is 13.3 Å². The number of H-pyrrole nitrogens is 1. The van der Waals surface area contributed by atoms with Crippen LogP contribution in [0.25, 0.3) is 11.0 Å². The van der Waals surface area contributed by atoms with E-state index in [1.807, 2.05) is 25.1 Å². The number of rotatable bonds is 3. The van der Waals surface area contributed by atoms with E-state index < -0.39 is 6.03 Å². The fourth-order valence-electron chi connectivity index (χ4n) is 1.67. The zero-order chi connectivity index (χ0) is 11.5. The highest BCUT2D eigenvalue weighted by Gasteiger charge is 2.01. The molecule has 0 aliphatic rings. The van der Waals surface area contributed by atoms with Gasteiger partial charge in [-0.25, -0.2) is 9.78 Å². The Bertz CT molecular complexity index is 518. The van der Waals surface area contributed by atoms with Gasteiger partial charge < -0.3 is 16.0 Å². The highest BCUT2D eigenvalue weighted by atomic mass is 16.2. The quantitative estimate of drug-likeness (QED) is 0.720. The van der Waals surface area contributed by atoms with Crippen LogP contribution in [0.1, 0.15) is 11.4 Å². The Hall–Kier alpha value is -2.04. The van der Waals surface area contributed by atoms with Gasteiger partial charge in [0.25, 0.3) is 0 Å². The van der Waals surface area contributed by atoms with E-state index >= 15 is 0 Å². The monoisotopic (exact) mass is 218 g/mol. The molecule has 2 aromatic rings. The summed E-state index contributed by atoms with van der Waals surface area (Å²) in [6.45, 7) is 2.47. The van der Waals surface area contributed by atoms with Crippen molar-refractivity contribution >= 4 is 17.1 Å². The summed E-state index contributed by atoms with van der Waals surface area (Å²) in [4.78, 5) is 18.0. The number of aromatic amines is 1. The Balaban J connectivity index is 2.10. The summed E-state index contributed by atoms with van der Waals surface area (Å²) in [5, 5.41) is 2.56. The van der Waals surface area contributed by atoms with Crippen molar-refractivity contribution in [3.63, 3.8) is 0 Å². The molecule has 2 rings (SSSR count). The minimum absolute atomic E-state index is 0.488. The average Bonchev–Trinajstić information content (AvgIpc) is 2.56. The summed E-state index contributed by atoms with van der Waals surface area (Å²) >= 11 is 0. The van der Waals surface area contributed by atoms with E-state index in [-0.39, 0.29) is 0 Å². The normalized spacial score (nSPS) is 10.6. The first kappa shape index (κ1) is 10.5. The predicted molar refractivity (Wildman–Crippen MR) is 62.1 cm³/mol. The average molecular weight is 218 g/mol. The molecule has 5 heteroatoms. The first-order valence-electron chi connectivity index (χ1n) is 5.14. The van der Waals surface area contributed by atoms with Crippen LogP contribution in [0.5, 0.6) is 0 Å². The first-order valence-corrected chi connectivity index (χ1v) is 5.14. The van der Waals surface area contributed by atoms with Gasteiger partial charge in [-0.3, -0.25) is 0 Å². The van der Waals surface area contributed by atoms with Crippen LogP contribution in [0.15, 0.2) is 18.2 Å². The lowest BCUT2D eigenvalue weighted by Gasteiger charge is -2.01. The molecule has 4 N–H and O–H groups in total. The van der Waals surface area contributed by atoms with Gasteiger partial charge in [-0.2, -0.15) is 0 Å². The smallest absolute Gasteiger partial charge is 0.312 e. The van der Waals surface area contributed by atoms with E-state index in [1.165, 1.54) is 0 Å². The molecular formula is C11H14N4O. The predicted octanol–water partition coefficient (Wildman–Crippen LogP) is 1.08. The molecule has 2 amide bonds. The Morgan fingerprint density at radius 1 is 1.56 bits per heavy atom. The van der Waals surface area contributed by atoms with Gasteiger partial charge in [-0.15, -0.1) is 0 Å². The lowest BCUT2D eigenvalue weighted by Crippen LogP contribution is -2.30. The van der Waals surface area contributed by atoms with E-state index in [9.17, 15) is 4.79 Å². The second-order valence-electron chi connectivity index (χ2n) is 3.71. The van der Waals surface area contributed by atoms with Gasteiger partial charge in [0.15, 0.2) is 0 Å². The van der Waals surface area contributed by atoms with Crippen LogP contribution < -0.4 is 11.1 Å². The van der Waals surface area contributed by atoms with Crippen molar-refractivity contribution in [1.29, 1.82) is 0 Å². The molecular weight excluding hydrogens is 204 g/mol. The number of imidazole rings is 1. The van der Waals surface area contributed by atoms with Gasteiger partial charge in [0.05, 0.1) is 11.0 Å². The number of aromatic nitrogens is 2. The van der Waals surface area contributed by atoms with Gasteiger partial charge in [0, 0.05) is 6.54 Å². The van der Waals surface area contributed by atoms with Crippen molar-refractivity contribution in [1.82, 2.24) is 15.3 Å². The molecule has 1 heterocycles. The molecule has 0 unspecified atom stereocenters. The van der Waals surface area contributed by atoms with Crippen molar-refractivity contribution in [3.05, 3.63) is 29.6 Å². The Kier molecular flexibility index (Phi) is 2.76. The Morgan fingerprint density at radius 2 is 2.38 bits per heavy atom. The molecule has 0 radical (unpaired) electrons. The topological polar surface area (TPSA) is 83.8 Å². The van der Waals surface area contributed by atoms with E-state index in [0.717, 1.165) is 28.8 Å². The third-order valence-electron chi connectivity index (χ3n) is 2.38. The second-order valence-corrected chi connectivity index (χ2v) is 3.71. The van der Waals surface area contributed by atoms with E-state index in [2.05, 4.69) is 15.3 Å². The third-order valence-corrected chi connectivity index (χ3v) is 2.38. The number of carbonyl (C=O) groups excluding carboxylic acids is 1. The van der Waals surface area contributed by atoms with Crippen molar-refractivity contribution in [2.75, 3.05) is 6.54 Å². The first-order chi connectivity index (χ1) is 7.65. The van der Waals surface area contributed by atoms with E-state index in [4.69, 9.17) is 5.73 Å². The van der Waals surface area contributed by atoms with Crippen molar-refractivity contribution < 1.29 is 4.79 Å². The number of fused-ring (bicyclic) bond motifs is 1. The highest BCUT2D eigenvalue weighted by Crippen LogP contribution is 2.13. The maximum atomic E-state index is 10.5. The summed E-state index contributed by atoms with van der Waals surface area (Å²) in [5.74, 6) is 0.905. The number of urea groups is 1. The number of nitrogens with two attached hydrogens (primary N) is 1. The van der Waals surface area contributed by atoms with Crippen LogP contribution in [0.3, 0.4) is 0 Å². The molecule has 1 aromatic heterocycles. The van der Waals surface area contributed by atoms with E-state index in [1.54, 1.807) is 0 Å². The Morgan fingerprint density at radius 3 is 3.12 bits per heavy atom. The van der Waals surface area contributed by atoms with Gasteiger partial charge >= 0.3 is 6.03 Å². The van der Waals surface area contributed by atoms with Crippen LogP contribution in [0.2, 0.25) is 0 Å². The number of primary amides is 1. The number of amides is 2. The van der Waals surface area contributed by atoms with Crippen LogP contribution >= 0.6 is 0 Å². The lowest BCUT2D eigenvalue weighted by atomic mass is 10.1. The summed E-state index contributed by atoms with van der Waals surface area (Å²) in [7, 11) is 0. The number of aryl methyl sites for hydroxylation is 1. The molecule has 0 bridgehead atoms. The molecule has 0 saturated carbocycles. The van der Waals surface area contributed by atoms with Gasteiger partial charge in [0.2, 0.25) is 0 Å². The largest absolute Gasteiger partial charge is 0.352 e. The number of carbonyl (C=O) groups is 1. The summed E-state index contributed by atoms with van der Waals surface area (Å²) in [6, 6.07) is 5.53. The fraction of sp³-hybridized carbons (Fsp3) is 0.273. The van der Waals surface area contributed by atoms with Crippen molar-refractivity contribution in [3.8, 4) is 0 Å². The lowest BCUT2D eigenvalue weighted by molar-refractivity contribution is 0.249. The summed E-state index contributed by atoms with van der Waals surface area (Å²) in [6.07, 6.45) is 0.761. The molecule has 1 aromatic carbocycles.